The number of methoxy groups -OCH3 is 1. The standard InChI is InChI=1S/C21H36O3/c1-14(11-19(23)24-6)7-9-20(4)15(2)8-10-21(5)16(3)12-17(22)13-18(20)21/h12,14-15,17-18,22H,7-11,13H2,1-6H3/t14-,15-,17+,18-,20+,21+/m1/s1. The molecule has 3 nitrogen and oxygen atoms in total. The quantitative estimate of drug-likeness (QED) is 0.583. The average molecular weight is 337 g/mol. The first-order valence-electron chi connectivity index (χ1n) is 9.57. The predicted molar refractivity (Wildman–Crippen MR) is 97.5 cm³/mol. The fraction of sp³-hybridized carbons (Fsp3) is 0.857. The molecule has 2 aliphatic carbocycles. The van der Waals surface area contributed by atoms with E-state index in [-0.39, 0.29) is 22.9 Å². The van der Waals surface area contributed by atoms with Gasteiger partial charge >= 0.3 is 5.97 Å². The molecule has 1 fully saturated rings. The van der Waals surface area contributed by atoms with Gasteiger partial charge in [0.1, 0.15) is 0 Å². The molecule has 24 heavy (non-hydrogen) atoms. The highest BCUT2D eigenvalue weighted by atomic mass is 16.5. The molecule has 6 atom stereocenters. The van der Waals surface area contributed by atoms with Gasteiger partial charge < -0.3 is 9.84 Å². The number of carbonyl (C=O) groups excluding carboxylic acids is 1. The van der Waals surface area contributed by atoms with Crippen LogP contribution in [0.2, 0.25) is 0 Å². The molecule has 0 amide bonds. The van der Waals surface area contributed by atoms with Gasteiger partial charge in [-0.25, -0.2) is 0 Å². The lowest BCUT2D eigenvalue weighted by Crippen LogP contribution is -2.51. The first kappa shape index (κ1) is 19.5. The maximum absolute atomic E-state index is 11.5. The van der Waals surface area contributed by atoms with Gasteiger partial charge in [-0.05, 0) is 67.6 Å². The van der Waals surface area contributed by atoms with E-state index in [0.29, 0.717) is 24.2 Å². The van der Waals surface area contributed by atoms with Crippen LogP contribution in [0.1, 0.15) is 73.1 Å². The third kappa shape index (κ3) is 3.56. The second-order valence-electron chi connectivity index (χ2n) is 8.99. The van der Waals surface area contributed by atoms with Crippen LogP contribution in [0.4, 0.5) is 0 Å². The fourth-order valence-electron chi connectivity index (χ4n) is 5.33. The van der Waals surface area contributed by atoms with Crippen LogP contribution < -0.4 is 0 Å². The van der Waals surface area contributed by atoms with Crippen LogP contribution in [0.25, 0.3) is 0 Å². The minimum absolute atomic E-state index is 0.110. The second kappa shape index (κ2) is 7.19. The Hall–Kier alpha value is -0.830. The zero-order valence-corrected chi connectivity index (χ0v) is 16.4. The lowest BCUT2D eigenvalue weighted by molar-refractivity contribution is -0.141. The summed E-state index contributed by atoms with van der Waals surface area (Å²) in [5, 5.41) is 10.3. The van der Waals surface area contributed by atoms with E-state index in [1.807, 2.05) is 0 Å². The Labute approximate surface area is 147 Å². The van der Waals surface area contributed by atoms with Gasteiger partial charge in [0.25, 0.3) is 0 Å². The largest absolute Gasteiger partial charge is 0.469 e. The van der Waals surface area contributed by atoms with Crippen molar-refractivity contribution in [1.82, 2.24) is 0 Å². The number of aliphatic hydroxyl groups excluding tert-OH is 1. The summed E-state index contributed by atoms with van der Waals surface area (Å²) in [5.41, 5.74) is 1.80. The van der Waals surface area contributed by atoms with E-state index in [0.717, 1.165) is 19.3 Å². The molecule has 0 bridgehead atoms. The van der Waals surface area contributed by atoms with Crippen LogP contribution in [0.3, 0.4) is 0 Å². The van der Waals surface area contributed by atoms with Crippen LogP contribution in [-0.4, -0.2) is 24.3 Å². The molecule has 0 aromatic carbocycles. The molecule has 0 spiro atoms. The maximum atomic E-state index is 11.5. The van der Waals surface area contributed by atoms with Crippen LogP contribution in [0.15, 0.2) is 11.6 Å². The Kier molecular flexibility index (Phi) is 5.84. The number of hydrogen-bond acceptors (Lipinski definition) is 3. The van der Waals surface area contributed by atoms with Crippen molar-refractivity contribution in [2.75, 3.05) is 7.11 Å². The van der Waals surface area contributed by atoms with E-state index >= 15 is 0 Å². The van der Waals surface area contributed by atoms with Crippen molar-refractivity contribution in [1.29, 1.82) is 0 Å². The Balaban J connectivity index is 2.16. The monoisotopic (exact) mass is 336 g/mol. The third-order valence-corrected chi connectivity index (χ3v) is 7.53. The zero-order chi connectivity index (χ0) is 18.1. The summed E-state index contributed by atoms with van der Waals surface area (Å²) in [6.07, 6.45) is 7.78. The molecule has 3 heteroatoms. The van der Waals surface area contributed by atoms with E-state index in [2.05, 4.69) is 40.7 Å². The highest BCUT2D eigenvalue weighted by Crippen LogP contribution is 2.61. The minimum Gasteiger partial charge on any atom is -0.469 e. The number of allylic oxidation sites excluding steroid dienone is 1. The van der Waals surface area contributed by atoms with Gasteiger partial charge in [0.15, 0.2) is 0 Å². The van der Waals surface area contributed by atoms with Gasteiger partial charge in [-0.3, -0.25) is 4.79 Å². The van der Waals surface area contributed by atoms with Crippen LogP contribution in [0.5, 0.6) is 0 Å². The number of ether oxygens (including phenoxy) is 1. The van der Waals surface area contributed by atoms with Crippen molar-refractivity contribution < 1.29 is 14.6 Å². The number of hydrogen-bond donors (Lipinski definition) is 1. The van der Waals surface area contributed by atoms with Crippen molar-refractivity contribution in [2.45, 2.75) is 79.2 Å². The van der Waals surface area contributed by atoms with E-state index in [1.54, 1.807) is 0 Å². The normalized spacial score (nSPS) is 40.5. The van der Waals surface area contributed by atoms with Crippen LogP contribution >= 0.6 is 0 Å². The average Bonchev–Trinajstić information content (AvgIpc) is 2.52. The topological polar surface area (TPSA) is 46.5 Å². The van der Waals surface area contributed by atoms with E-state index in [1.165, 1.54) is 25.5 Å². The van der Waals surface area contributed by atoms with Crippen molar-refractivity contribution >= 4 is 5.97 Å². The molecule has 0 heterocycles. The second-order valence-corrected chi connectivity index (χ2v) is 8.99. The van der Waals surface area contributed by atoms with Crippen molar-refractivity contribution in [2.24, 2.45) is 28.6 Å². The first-order valence-corrected chi connectivity index (χ1v) is 9.57. The van der Waals surface area contributed by atoms with Gasteiger partial charge in [0.2, 0.25) is 0 Å². The summed E-state index contributed by atoms with van der Waals surface area (Å²) < 4.78 is 4.81. The van der Waals surface area contributed by atoms with Crippen molar-refractivity contribution in [3.63, 3.8) is 0 Å². The maximum Gasteiger partial charge on any atom is 0.305 e. The molecule has 2 aliphatic rings. The van der Waals surface area contributed by atoms with Crippen LogP contribution in [0, 0.1) is 28.6 Å². The highest BCUT2D eigenvalue weighted by molar-refractivity contribution is 5.69. The Bertz CT molecular complexity index is 497. The molecule has 0 aromatic rings. The van der Waals surface area contributed by atoms with E-state index in [9.17, 15) is 9.90 Å². The van der Waals surface area contributed by atoms with Crippen LogP contribution in [-0.2, 0) is 9.53 Å². The minimum atomic E-state index is -0.305. The number of carbonyl (C=O) groups is 1. The predicted octanol–water partition coefficient (Wildman–Crippen LogP) is 4.74. The van der Waals surface area contributed by atoms with Gasteiger partial charge in [0, 0.05) is 6.42 Å². The summed E-state index contributed by atoms with van der Waals surface area (Å²) in [6.45, 7) is 11.6. The highest BCUT2D eigenvalue weighted by Gasteiger charge is 2.54. The Morgan fingerprint density at radius 1 is 1.46 bits per heavy atom. The molecule has 0 radical (unpaired) electrons. The third-order valence-electron chi connectivity index (χ3n) is 7.53. The van der Waals surface area contributed by atoms with Crippen molar-refractivity contribution in [3.8, 4) is 0 Å². The fourth-order valence-corrected chi connectivity index (χ4v) is 5.33. The summed E-state index contributed by atoms with van der Waals surface area (Å²) in [4.78, 5) is 11.5. The lowest BCUT2D eigenvalue weighted by Gasteiger charge is -2.58. The number of esters is 1. The summed E-state index contributed by atoms with van der Waals surface area (Å²) in [5.74, 6) is 1.40. The molecule has 0 aliphatic heterocycles. The molecule has 1 saturated carbocycles. The number of aliphatic hydroxyl groups is 1. The SMILES string of the molecule is COC(=O)C[C@H](C)CC[C@@]1(C)[C@H](C)CC[C@@]2(C)C(C)=C[C@H](O)C[C@H]12. The van der Waals surface area contributed by atoms with E-state index in [4.69, 9.17) is 4.74 Å². The zero-order valence-electron chi connectivity index (χ0n) is 16.4. The van der Waals surface area contributed by atoms with Gasteiger partial charge in [-0.15, -0.1) is 0 Å². The molecule has 0 aromatic heterocycles. The molecule has 2 rings (SSSR count). The van der Waals surface area contributed by atoms with Gasteiger partial charge in [0.05, 0.1) is 13.2 Å². The number of fused-ring (bicyclic) bond motifs is 1. The van der Waals surface area contributed by atoms with Crippen molar-refractivity contribution in [3.05, 3.63) is 11.6 Å². The summed E-state index contributed by atoms with van der Waals surface area (Å²) in [7, 11) is 1.46. The Morgan fingerprint density at radius 3 is 2.75 bits per heavy atom. The first-order chi connectivity index (χ1) is 11.1. The molecule has 0 unspecified atom stereocenters. The summed E-state index contributed by atoms with van der Waals surface area (Å²) >= 11 is 0. The van der Waals surface area contributed by atoms with Gasteiger partial charge in [-0.2, -0.15) is 0 Å². The molecule has 1 N–H and O–H groups in total. The summed E-state index contributed by atoms with van der Waals surface area (Å²) in [6, 6.07) is 0. The number of rotatable bonds is 5. The Morgan fingerprint density at radius 2 is 2.12 bits per heavy atom. The molecular weight excluding hydrogens is 300 g/mol. The van der Waals surface area contributed by atoms with Gasteiger partial charge in [-0.1, -0.05) is 39.3 Å². The molecular formula is C21H36O3. The smallest absolute Gasteiger partial charge is 0.305 e. The molecule has 138 valence electrons. The molecule has 0 saturated heterocycles. The van der Waals surface area contributed by atoms with E-state index < -0.39 is 0 Å². The lowest BCUT2D eigenvalue weighted by atomic mass is 9.46.